The molecule has 138 valence electrons. The highest BCUT2D eigenvalue weighted by Crippen LogP contribution is 2.24. The number of hydrogen-bond donors (Lipinski definition) is 2. The Hall–Kier alpha value is -3.41. The summed E-state index contributed by atoms with van der Waals surface area (Å²) in [4.78, 5) is 21.2. The van der Waals surface area contributed by atoms with Gasteiger partial charge >= 0.3 is 5.97 Å². The summed E-state index contributed by atoms with van der Waals surface area (Å²) in [7, 11) is 1.36. The number of ether oxygens (including phenoxy) is 1. The fourth-order valence-electron chi connectivity index (χ4n) is 2.60. The summed E-state index contributed by atoms with van der Waals surface area (Å²) in [5.41, 5.74) is 2.80. The number of benzene rings is 2. The molecule has 0 saturated carbocycles. The molecule has 0 aliphatic heterocycles. The second-order valence-corrected chi connectivity index (χ2v) is 5.92. The first-order valence-corrected chi connectivity index (χ1v) is 8.84. The second-order valence-electron chi connectivity index (χ2n) is 5.92. The molecule has 0 unspecified atom stereocenters. The normalized spacial score (nSPS) is 10.3. The van der Waals surface area contributed by atoms with Gasteiger partial charge in [-0.25, -0.2) is 9.78 Å². The third kappa shape index (κ3) is 4.61. The van der Waals surface area contributed by atoms with Crippen molar-refractivity contribution in [3.8, 4) is 11.3 Å². The van der Waals surface area contributed by atoms with Crippen molar-refractivity contribution in [1.82, 2.24) is 9.97 Å². The van der Waals surface area contributed by atoms with E-state index in [4.69, 9.17) is 4.74 Å². The fraction of sp³-hybridized carbons (Fsp3) is 0.190. The number of carbonyl (C=O) groups excluding carboxylic acids is 1. The van der Waals surface area contributed by atoms with Gasteiger partial charge in [0.2, 0.25) is 5.95 Å². The minimum absolute atomic E-state index is 0.409. The average Bonchev–Trinajstić information content (AvgIpc) is 2.72. The molecule has 0 aliphatic carbocycles. The van der Waals surface area contributed by atoms with Crippen molar-refractivity contribution >= 4 is 23.4 Å². The van der Waals surface area contributed by atoms with Crippen LogP contribution in [0.25, 0.3) is 11.3 Å². The Morgan fingerprint density at radius 3 is 2.52 bits per heavy atom. The first-order chi connectivity index (χ1) is 13.2. The summed E-state index contributed by atoms with van der Waals surface area (Å²) in [6.07, 6.45) is 0.985. The van der Waals surface area contributed by atoms with Crippen LogP contribution < -0.4 is 10.6 Å². The number of nitrogens with one attached hydrogen (secondary N) is 2. The van der Waals surface area contributed by atoms with E-state index in [-0.39, 0.29) is 0 Å². The lowest BCUT2D eigenvalue weighted by atomic mass is 10.1. The zero-order chi connectivity index (χ0) is 19.1. The third-order valence-corrected chi connectivity index (χ3v) is 3.93. The smallest absolute Gasteiger partial charge is 0.339 e. The summed E-state index contributed by atoms with van der Waals surface area (Å²) >= 11 is 0. The SMILES string of the molecule is CCCNc1cc(-c2ccccc2)nc(Nc2ccccc2C(=O)OC)n1. The predicted octanol–water partition coefficient (Wildman–Crippen LogP) is 4.50. The number of hydrogen-bond acceptors (Lipinski definition) is 6. The molecule has 6 nitrogen and oxygen atoms in total. The van der Waals surface area contributed by atoms with Crippen LogP contribution in [0.15, 0.2) is 60.7 Å². The Kier molecular flexibility index (Phi) is 5.99. The van der Waals surface area contributed by atoms with Crippen LogP contribution in [0.5, 0.6) is 0 Å². The van der Waals surface area contributed by atoms with E-state index in [1.807, 2.05) is 42.5 Å². The molecular weight excluding hydrogens is 340 g/mol. The van der Waals surface area contributed by atoms with Crippen LogP contribution >= 0.6 is 0 Å². The summed E-state index contributed by atoms with van der Waals surface area (Å²) < 4.78 is 4.85. The minimum Gasteiger partial charge on any atom is -0.465 e. The van der Waals surface area contributed by atoms with Crippen LogP contribution in [0.3, 0.4) is 0 Å². The Balaban J connectivity index is 1.99. The van der Waals surface area contributed by atoms with Crippen molar-refractivity contribution < 1.29 is 9.53 Å². The van der Waals surface area contributed by atoms with Crippen molar-refractivity contribution in [3.63, 3.8) is 0 Å². The molecule has 3 rings (SSSR count). The molecule has 2 N–H and O–H groups in total. The molecule has 3 aromatic rings. The second kappa shape index (κ2) is 8.80. The minimum atomic E-state index is -0.415. The van der Waals surface area contributed by atoms with Crippen molar-refractivity contribution in [2.75, 3.05) is 24.3 Å². The molecule has 2 aromatic carbocycles. The summed E-state index contributed by atoms with van der Waals surface area (Å²) in [5.74, 6) is 0.719. The number of rotatable bonds is 7. The van der Waals surface area contributed by atoms with Gasteiger partial charge in [0, 0.05) is 18.2 Å². The van der Waals surface area contributed by atoms with Crippen molar-refractivity contribution in [2.24, 2.45) is 0 Å². The molecule has 0 bridgehead atoms. The van der Waals surface area contributed by atoms with Crippen molar-refractivity contribution in [3.05, 3.63) is 66.2 Å². The summed E-state index contributed by atoms with van der Waals surface area (Å²) in [5, 5.41) is 6.45. The molecular formula is C21H22N4O2. The number of carbonyl (C=O) groups is 1. The molecule has 1 heterocycles. The van der Waals surface area contributed by atoms with E-state index in [1.54, 1.807) is 18.2 Å². The predicted molar refractivity (Wildman–Crippen MR) is 107 cm³/mol. The first-order valence-electron chi connectivity index (χ1n) is 8.84. The monoisotopic (exact) mass is 362 g/mol. The number of para-hydroxylation sites is 1. The fourth-order valence-corrected chi connectivity index (χ4v) is 2.60. The average molecular weight is 362 g/mol. The molecule has 1 aromatic heterocycles. The van der Waals surface area contributed by atoms with Gasteiger partial charge in [0.1, 0.15) is 5.82 Å². The van der Waals surface area contributed by atoms with Gasteiger partial charge in [-0.3, -0.25) is 0 Å². The molecule has 0 atom stereocenters. The van der Waals surface area contributed by atoms with Gasteiger partial charge in [-0.05, 0) is 18.6 Å². The molecule has 0 aliphatic rings. The third-order valence-electron chi connectivity index (χ3n) is 3.93. The Bertz CT molecular complexity index is 913. The molecule has 0 fully saturated rings. The maximum absolute atomic E-state index is 12.0. The zero-order valence-electron chi connectivity index (χ0n) is 15.4. The summed E-state index contributed by atoms with van der Waals surface area (Å²) in [6.45, 7) is 2.90. The lowest BCUT2D eigenvalue weighted by Crippen LogP contribution is -2.09. The van der Waals surface area contributed by atoms with Crippen molar-refractivity contribution in [2.45, 2.75) is 13.3 Å². The van der Waals surface area contributed by atoms with Gasteiger partial charge < -0.3 is 15.4 Å². The number of methoxy groups -OCH3 is 1. The van der Waals surface area contributed by atoms with E-state index in [0.29, 0.717) is 17.2 Å². The maximum Gasteiger partial charge on any atom is 0.339 e. The number of esters is 1. The molecule has 0 saturated heterocycles. The van der Waals surface area contributed by atoms with Gasteiger partial charge in [-0.2, -0.15) is 4.98 Å². The molecule has 0 amide bonds. The highest BCUT2D eigenvalue weighted by molar-refractivity contribution is 5.96. The standard InChI is InChI=1S/C21H22N4O2/c1-3-13-22-19-14-18(15-9-5-4-6-10-15)24-21(25-19)23-17-12-8-7-11-16(17)20(26)27-2/h4-12,14H,3,13H2,1-2H3,(H2,22,23,24,25). The lowest BCUT2D eigenvalue weighted by Gasteiger charge is -2.13. The molecule has 0 spiro atoms. The van der Waals surface area contributed by atoms with E-state index in [0.717, 1.165) is 30.0 Å². The topological polar surface area (TPSA) is 76.1 Å². The van der Waals surface area contributed by atoms with E-state index in [9.17, 15) is 4.79 Å². The van der Waals surface area contributed by atoms with E-state index in [1.165, 1.54) is 7.11 Å². The number of aromatic nitrogens is 2. The van der Waals surface area contributed by atoms with Crippen LogP contribution in [0, 0.1) is 0 Å². The van der Waals surface area contributed by atoms with E-state index in [2.05, 4.69) is 27.5 Å². The van der Waals surface area contributed by atoms with Crippen LogP contribution in [0.2, 0.25) is 0 Å². The Morgan fingerprint density at radius 2 is 1.78 bits per heavy atom. The van der Waals surface area contributed by atoms with E-state index >= 15 is 0 Å². The lowest BCUT2D eigenvalue weighted by molar-refractivity contribution is 0.0602. The van der Waals surface area contributed by atoms with Gasteiger partial charge in [-0.1, -0.05) is 49.4 Å². The quantitative estimate of drug-likeness (QED) is 0.603. The molecule has 6 heteroatoms. The van der Waals surface area contributed by atoms with Gasteiger partial charge in [0.05, 0.1) is 24.1 Å². The number of anilines is 3. The Labute approximate surface area is 158 Å². The first kappa shape index (κ1) is 18.4. The van der Waals surface area contributed by atoms with Gasteiger partial charge in [-0.15, -0.1) is 0 Å². The van der Waals surface area contributed by atoms with Crippen LogP contribution in [-0.4, -0.2) is 29.6 Å². The van der Waals surface area contributed by atoms with Gasteiger partial charge in [0.15, 0.2) is 0 Å². The van der Waals surface area contributed by atoms with E-state index < -0.39 is 5.97 Å². The van der Waals surface area contributed by atoms with Crippen molar-refractivity contribution in [1.29, 1.82) is 0 Å². The highest BCUT2D eigenvalue weighted by atomic mass is 16.5. The zero-order valence-corrected chi connectivity index (χ0v) is 15.4. The number of nitrogens with zero attached hydrogens (tertiary/aromatic N) is 2. The van der Waals surface area contributed by atoms with Gasteiger partial charge in [0.25, 0.3) is 0 Å². The molecule has 27 heavy (non-hydrogen) atoms. The largest absolute Gasteiger partial charge is 0.465 e. The maximum atomic E-state index is 12.0. The van der Waals surface area contributed by atoms with Crippen LogP contribution in [0.1, 0.15) is 23.7 Å². The van der Waals surface area contributed by atoms with Crippen LogP contribution in [-0.2, 0) is 4.74 Å². The summed E-state index contributed by atoms with van der Waals surface area (Å²) in [6, 6.07) is 18.9. The molecule has 0 radical (unpaired) electrons. The highest BCUT2D eigenvalue weighted by Gasteiger charge is 2.13. The van der Waals surface area contributed by atoms with Crippen LogP contribution in [0.4, 0.5) is 17.5 Å². The Morgan fingerprint density at radius 1 is 1.04 bits per heavy atom.